The first kappa shape index (κ1) is 40.3. The van der Waals surface area contributed by atoms with Crippen LogP contribution in [0.15, 0.2) is 0 Å². The number of sulfone groups is 1. The van der Waals surface area contributed by atoms with Gasteiger partial charge in [-0.25, -0.2) is 13.2 Å². The van der Waals surface area contributed by atoms with Crippen molar-refractivity contribution in [1.82, 2.24) is 26.2 Å². The number of Topliss-reactive ketones (excluding diaryl/α,β-unsaturated/α-hetero) is 1. The molecular weight excluding hydrogens is 646 g/mol. The first-order valence-electron chi connectivity index (χ1n) is 18.2. The Morgan fingerprint density at radius 3 is 2.12 bits per heavy atom. The van der Waals surface area contributed by atoms with Gasteiger partial charge in [0.25, 0.3) is 5.91 Å². The van der Waals surface area contributed by atoms with Gasteiger partial charge in [-0.1, -0.05) is 52.4 Å². The maximum Gasteiger partial charge on any atom is 0.315 e. The summed E-state index contributed by atoms with van der Waals surface area (Å²) in [6, 6.07) is -3.58. The fraction of sp³-hybridized carbons (Fsp3) is 0.806. The number of nitrogens with zero attached hydrogens (tertiary/aromatic N) is 1. The van der Waals surface area contributed by atoms with E-state index >= 15 is 0 Å². The van der Waals surface area contributed by atoms with Gasteiger partial charge in [-0.15, -0.1) is 12.3 Å². The Labute approximate surface area is 293 Å². The third kappa shape index (κ3) is 10.4. The highest BCUT2D eigenvalue weighted by Crippen LogP contribution is 2.40. The first-order chi connectivity index (χ1) is 23.0. The van der Waals surface area contributed by atoms with Gasteiger partial charge in [0.15, 0.2) is 9.84 Å². The normalized spacial score (nSPS) is 21.8. The number of nitrogens with one attached hydrogen (secondary N) is 4. The summed E-state index contributed by atoms with van der Waals surface area (Å²) in [5, 5.41) is 11.3. The van der Waals surface area contributed by atoms with Crippen LogP contribution in [0.1, 0.15) is 131 Å². The van der Waals surface area contributed by atoms with Crippen molar-refractivity contribution in [2.75, 3.05) is 18.8 Å². The summed E-state index contributed by atoms with van der Waals surface area (Å²) in [5.41, 5.74) is -1.54. The lowest BCUT2D eigenvalue weighted by atomic mass is 9.70. The molecule has 49 heavy (non-hydrogen) atoms. The van der Waals surface area contributed by atoms with Gasteiger partial charge >= 0.3 is 6.03 Å². The smallest absolute Gasteiger partial charge is 0.315 e. The van der Waals surface area contributed by atoms with Crippen LogP contribution in [-0.2, 0) is 29.0 Å². The Balaban J connectivity index is 1.85. The lowest BCUT2D eigenvalue weighted by Gasteiger charge is -2.44. The number of urea groups is 1. The molecule has 5 amide bonds. The molecule has 0 bridgehead atoms. The molecule has 0 aromatic rings. The zero-order valence-corrected chi connectivity index (χ0v) is 31.1. The van der Waals surface area contributed by atoms with Crippen molar-refractivity contribution in [1.29, 1.82) is 0 Å². The van der Waals surface area contributed by atoms with Crippen molar-refractivity contribution in [3.05, 3.63) is 0 Å². The van der Waals surface area contributed by atoms with Crippen molar-refractivity contribution in [3.8, 4) is 12.3 Å². The molecule has 1 saturated heterocycles. The summed E-state index contributed by atoms with van der Waals surface area (Å²) in [6.45, 7) is 9.45. The van der Waals surface area contributed by atoms with Crippen molar-refractivity contribution in [2.45, 2.75) is 159 Å². The average Bonchev–Trinajstić information content (AvgIpc) is 3.54. The third-order valence-corrected chi connectivity index (χ3v) is 13.4. The minimum atomic E-state index is -3.56. The molecule has 3 aliphatic rings. The Hall–Kier alpha value is -3.14. The molecule has 3 rings (SSSR count). The average molecular weight is 706 g/mol. The van der Waals surface area contributed by atoms with Crippen LogP contribution in [0, 0.1) is 17.8 Å². The minimum Gasteiger partial charge on any atom is -0.349 e. The predicted molar refractivity (Wildman–Crippen MR) is 189 cm³/mol. The Bertz CT molecular complexity index is 1350. The monoisotopic (exact) mass is 705 g/mol. The molecule has 0 aromatic carbocycles. The highest BCUT2D eigenvalue weighted by atomic mass is 32.2. The number of amides is 5. The Morgan fingerprint density at radius 1 is 0.939 bits per heavy atom. The van der Waals surface area contributed by atoms with Gasteiger partial charge in [0.2, 0.25) is 17.6 Å². The summed E-state index contributed by atoms with van der Waals surface area (Å²) in [4.78, 5) is 69.0. The van der Waals surface area contributed by atoms with Crippen molar-refractivity contribution in [3.63, 3.8) is 0 Å². The van der Waals surface area contributed by atoms with Crippen LogP contribution < -0.4 is 21.3 Å². The molecule has 1 aliphatic heterocycles. The first-order valence-corrected chi connectivity index (χ1v) is 19.8. The van der Waals surface area contributed by atoms with Gasteiger partial charge in [-0.3, -0.25) is 19.2 Å². The molecule has 13 heteroatoms. The SMILES string of the molecule is C#CCCC(NC(=O)C1CCCN1C(=O)[C@@H](NC(=O)NC1(CS(=O)(=O)C(C)(C)C)CCCCC1)C1(C)CCCCC1)C(=O)C(=O)NCCC. The van der Waals surface area contributed by atoms with Crippen LogP contribution in [0.5, 0.6) is 0 Å². The van der Waals surface area contributed by atoms with E-state index in [1.807, 2.05) is 13.8 Å². The van der Waals surface area contributed by atoms with Crippen molar-refractivity contribution < 1.29 is 32.4 Å². The number of hydrogen-bond donors (Lipinski definition) is 4. The van der Waals surface area contributed by atoms with E-state index in [9.17, 15) is 32.4 Å². The summed E-state index contributed by atoms with van der Waals surface area (Å²) in [7, 11) is -3.56. The van der Waals surface area contributed by atoms with E-state index in [1.54, 1.807) is 20.8 Å². The second-order valence-electron chi connectivity index (χ2n) is 15.6. The zero-order chi connectivity index (χ0) is 36.5. The largest absolute Gasteiger partial charge is 0.349 e. The molecule has 0 aromatic heterocycles. The molecule has 0 radical (unpaired) electrons. The molecule has 2 unspecified atom stereocenters. The summed E-state index contributed by atoms with van der Waals surface area (Å²) in [5.74, 6) is -0.248. The van der Waals surface area contributed by atoms with Crippen molar-refractivity contribution >= 4 is 39.4 Å². The van der Waals surface area contributed by atoms with Gasteiger partial charge in [-0.2, -0.15) is 0 Å². The number of carbonyl (C=O) groups excluding carboxylic acids is 5. The van der Waals surface area contributed by atoms with E-state index in [4.69, 9.17) is 6.42 Å². The van der Waals surface area contributed by atoms with E-state index in [2.05, 4.69) is 27.2 Å². The molecule has 3 atom stereocenters. The summed E-state index contributed by atoms with van der Waals surface area (Å²) >= 11 is 0. The van der Waals surface area contributed by atoms with E-state index < -0.39 is 67.3 Å². The molecule has 3 fully saturated rings. The molecule has 2 aliphatic carbocycles. The van der Waals surface area contributed by atoms with E-state index in [0.29, 0.717) is 58.0 Å². The van der Waals surface area contributed by atoms with E-state index in [0.717, 1.165) is 38.5 Å². The predicted octanol–water partition coefficient (Wildman–Crippen LogP) is 3.53. The van der Waals surface area contributed by atoms with Gasteiger partial charge in [0, 0.05) is 19.5 Å². The van der Waals surface area contributed by atoms with Crippen LogP contribution in [0.4, 0.5) is 4.79 Å². The molecule has 4 N–H and O–H groups in total. The lowest BCUT2D eigenvalue weighted by Crippen LogP contribution is -2.64. The second kappa shape index (κ2) is 17.2. The highest BCUT2D eigenvalue weighted by molar-refractivity contribution is 7.92. The minimum absolute atomic E-state index is 0.0798. The Kier molecular flexibility index (Phi) is 14.1. The van der Waals surface area contributed by atoms with Gasteiger partial charge in [0.05, 0.1) is 22.1 Å². The van der Waals surface area contributed by atoms with Gasteiger partial charge in [-0.05, 0) is 77.6 Å². The third-order valence-electron chi connectivity index (χ3n) is 10.6. The van der Waals surface area contributed by atoms with Gasteiger partial charge in [0.1, 0.15) is 12.1 Å². The van der Waals surface area contributed by atoms with Crippen molar-refractivity contribution in [2.24, 2.45) is 5.41 Å². The number of likely N-dealkylation sites (tertiary alicyclic amines) is 1. The molecule has 2 saturated carbocycles. The fourth-order valence-electron chi connectivity index (χ4n) is 7.42. The number of hydrogen-bond acceptors (Lipinski definition) is 7. The topological polar surface area (TPSA) is 171 Å². The number of carbonyl (C=O) groups is 5. The summed E-state index contributed by atoms with van der Waals surface area (Å²) < 4.78 is 25.7. The lowest BCUT2D eigenvalue weighted by molar-refractivity contribution is -0.144. The van der Waals surface area contributed by atoms with Crippen LogP contribution in [0.3, 0.4) is 0 Å². The van der Waals surface area contributed by atoms with Crippen LogP contribution >= 0.6 is 0 Å². The number of ketones is 1. The van der Waals surface area contributed by atoms with E-state index in [-0.39, 0.29) is 24.5 Å². The quantitative estimate of drug-likeness (QED) is 0.158. The zero-order valence-electron chi connectivity index (χ0n) is 30.3. The summed E-state index contributed by atoms with van der Waals surface area (Å²) in [6.07, 6.45) is 15.0. The highest BCUT2D eigenvalue weighted by Gasteiger charge is 2.48. The van der Waals surface area contributed by atoms with Gasteiger partial charge < -0.3 is 26.2 Å². The maximum atomic E-state index is 14.5. The molecule has 12 nitrogen and oxygen atoms in total. The second-order valence-corrected chi connectivity index (χ2v) is 18.3. The maximum absolute atomic E-state index is 14.5. The number of terminal acetylenes is 1. The number of rotatable bonds is 14. The van der Waals surface area contributed by atoms with Crippen LogP contribution in [0.25, 0.3) is 0 Å². The molecule has 0 spiro atoms. The molecule has 276 valence electrons. The van der Waals surface area contributed by atoms with Crippen LogP contribution in [0.2, 0.25) is 0 Å². The van der Waals surface area contributed by atoms with Crippen LogP contribution in [-0.4, -0.2) is 90.1 Å². The standard InChI is InChI=1S/C36H59N5O7S/c1-7-9-17-26(28(42)31(44)37-23-8-2)38-30(43)27-18-16-24-41(27)32(45)29(35(6)19-12-10-13-20-35)39-33(46)40-36(21-14-11-15-22-36)25-49(47,48)34(3,4)5/h1,26-27,29H,8-25H2,2-6H3,(H,37,44)(H,38,43)(H2,39,40,46)/t26?,27?,29-/m1/s1. The fourth-order valence-corrected chi connectivity index (χ4v) is 8.94. The Morgan fingerprint density at radius 2 is 1.55 bits per heavy atom. The molecule has 1 heterocycles. The van der Waals surface area contributed by atoms with E-state index in [1.165, 1.54) is 4.90 Å². The molecular formula is C36H59N5O7S.